The fourth-order valence-electron chi connectivity index (χ4n) is 2.59. The number of nitrogens with one attached hydrogen (secondary N) is 1. The molecule has 0 bridgehead atoms. The monoisotopic (exact) mass is 311 g/mol. The predicted octanol–water partition coefficient (Wildman–Crippen LogP) is 1.61. The number of amides is 2. The lowest BCUT2D eigenvalue weighted by atomic mass is 10.2. The number of carbonyl (C=O) groups is 2. The molecule has 0 spiro atoms. The highest BCUT2D eigenvalue weighted by molar-refractivity contribution is 7.10. The van der Waals surface area contributed by atoms with Crippen LogP contribution in [0.5, 0.6) is 0 Å². The van der Waals surface area contributed by atoms with Crippen LogP contribution in [0.3, 0.4) is 0 Å². The van der Waals surface area contributed by atoms with E-state index in [4.69, 9.17) is 0 Å². The molecule has 2 amide bonds. The third-order valence-corrected chi connectivity index (χ3v) is 4.59. The highest BCUT2D eigenvalue weighted by Crippen LogP contribution is 2.20. The second-order valence-corrected chi connectivity index (χ2v) is 6.37. The Bertz CT molecular complexity index is 492. The molecular weight excluding hydrogens is 290 g/mol. The Morgan fingerprint density at radius 1 is 1.48 bits per heavy atom. The molecule has 21 heavy (non-hydrogen) atoms. The molecule has 2 unspecified atom stereocenters. The standard InChI is InChI=1S/C14H21N3O3S/c1-10-9-16(2)6-4-7-17(10)14(20)15-12(13(18)19)11-5-3-8-21-11/h3,5,8,10,12H,4,6-7,9H2,1-2H3,(H,15,20)(H,18,19). The normalized spacial score (nSPS) is 21.6. The summed E-state index contributed by atoms with van der Waals surface area (Å²) in [6, 6.07) is 2.29. The van der Waals surface area contributed by atoms with Crippen LogP contribution in [0.4, 0.5) is 4.79 Å². The second kappa shape index (κ2) is 6.91. The zero-order chi connectivity index (χ0) is 15.4. The number of carbonyl (C=O) groups excluding carboxylic acids is 1. The zero-order valence-electron chi connectivity index (χ0n) is 12.3. The van der Waals surface area contributed by atoms with E-state index in [0.717, 1.165) is 19.5 Å². The fraction of sp³-hybridized carbons (Fsp3) is 0.571. The first kappa shape index (κ1) is 15.8. The van der Waals surface area contributed by atoms with Gasteiger partial charge in [0.2, 0.25) is 0 Å². The van der Waals surface area contributed by atoms with Crippen molar-refractivity contribution in [1.29, 1.82) is 0 Å². The SMILES string of the molecule is CC1CN(C)CCCN1C(=O)NC(C(=O)O)c1cccs1. The second-order valence-electron chi connectivity index (χ2n) is 5.39. The summed E-state index contributed by atoms with van der Waals surface area (Å²) in [6.45, 7) is 4.38. The van der Waals surface area contributed by atoms with Crippen LogP contribution in [-0.2, 0) is 4.79 Å². The van der Waals surface area contributed by atoms with Crippen molar-refractivity contribution in [2.75, 3.05) is 26.7 Å². The summed E-state index contributed by atoms with van der Waals surface area (Å²) in [5, 5.41) is 13.8. The highest BCUT2D eigenvalue weighted by Gasteiger charge is 2.29. The minimum Gasteiger partial charge on any atom is -0.479 e. The average molecular weight is 311 g/mol. The van der Waals surface area contributed by atoms with Crippen molar-refractivity contribution in [1.82, 2.24) is 15.1 Å². The van der Waals surface area contributed by atoms with E-state index in [1.807, 2.05) is 14.0 Å². The molecule has 2 atom stereocenters. The quantitative estimate of drug-likeness (QED) is 0.889. The van der Waals surface area contributed by atoms with E-state index in [1.165, 1.54) is 11.3 Å². The molecule has 1 aromatic rings. The van der Waals surface area contributed by atoms with Gasteiger partial charge in [-0.3, -0.25) is 0 Å². The topological polar surface area (TPSA) is 72.9 Å². The number of hydrogen-bond acceptors (Lipinski definition) is 4. The molecule has 2 heterocycles. The molecule has 2 N–H and O–H groups in total. The number of thiophene rings is 1. The van der Waals surface area contributed by atoms with E-state index in [9.17, 15) is 14.7 Å². The summed E-state index contributed by atoms with van der Waals surface area (Å²) in [5.74, 6) is -1.04. The Hall–Kier alpha value is -1.60. The lowest BCUT2D eigenvalue weighted by molar-refractivity contribution is -0.139. The first-order valence-corrected chi connectivity index (χ1v) is 7.89. The number of carboxylic acids is 1. The van der Waals surface area contributed by atoms with E-state index in [1.54, 1.807) is 22.4 Å². The van der Waals surface area contributed by atoms with E-state index >= 15 is 0 Å². The molecule has 7 heteroatoms. The summed E-state index contributed by atoms with van der Waals surface area (Å²) >= 11 is 1.33. The Labute approximate surface area is 128 Å². The molecule has 1 aromatic heterocycles. The van der Waals surface area contributed by atoms with Gasteiger partial charge >= 0.3 is 12.0 Å². The molecule has 0 radical (unpaired) electrons. The Morgan fingerprint density at radius 2 is 2.24 bits per heavy atom. The van der Waals surface area contributed by atoms with Crippen molar-refractivity contribution < 1.29 is 14.7 Å². The number of rotatable bonds is 3. The highest BCUT2D eigenvalue weighted by atomic mass is 32.1. The Kier molecular flexibility index (Phi) is 5.19. The van der Waals surface area contributed by atoms with Crippen molar-refractivity contribution in [3.63, 3.8) is 0 Å². The van der Waals surface area contributed by atoms with Crippen LogP contribution in [0.15, 0.2) is 17.5 Å². The van der Waals surface area contributed by atoms with Gasteiger partial charge in [-0.1, -0.05) is 6.07 Å². The van der Waals surface area contributed by atoms with Crippen molar-refractivity contribution in [2.45, 2.75) is 25.4 Å². The smallest absolute Gasteiger partial charge is 0.331 e. The number of aliphatic carboxylic acids is 1. The summed E-state index contributed by atoms with van der Waals surface area (Å²) < 4.78 is 0. The van der Waals surface area contributed by atoms with Crippen molar-refractivity contribution >= 4 is 23.3 Å². The van der Waals surface area contributed by atoms with E-state index in [-0.39, 0.29) is 12.1 Å². The van der Waals surface area contributed by atoms with Crippen molar-refractivity contribution in [2.24, 2.45) is 0 Å². The maximum atomic E-state index is 12.4. The average Bonchev–Trinajstić information content (AvgIpc) is 2.87. The zero-order valence-corrected chi connectivity index (χ0v) is 13.1. The number of hydrogen-bond donors (Lipinski definition) is 2. The molecular formula is C14H21N3O3S. The van der Waals surface area contributed by atoms with Crippen LogP contribution in [0.2, 0.25) is 0 Å². The summed E-state index contributed by atoms with van der Waals surface area (Å²) in [5.41, 5.74) is 0. The van der Waals surface area contributed by atoms with Crippen LogP contribution >= 0.6 is 11.3 Å². The maximum Gasteiger partial charge on any atom is 0.331 e. The van der Waals surface area contributed by atoms with Gasteiger partial charge in [0.05, 0.1) is 0 Å². The van der Waals surface area contributed by atoms with E-state index in [0.29, 0.717) is 11.4 Å². The Balaban J connectivity index is 2.06. The van der Waals surface area contributed by atoms with Crippen LogP contribution in [0.1, 0.15) is 24.3 Å². The van der Waals surface area contributed by atoms with Gasteiger partial charge in [0.25, 0.3) is 0 Å². The molecule has 1 saturated heterocycles. The van der Waals surface area contributed by atoms with Gasteiger partial charge in [-0.2, -0.15) is 0 Å². The minimum absolute atomic E-state index is 0.0651. The number of urea groups is 1. The Morgan fingerprint density at radius 3 is 2.86 bits per heavy atom. The molecule has 0 aromatic carbocycles. The first-order chi connectivity index (χ1) is 9.99. The molecule has 1 aliphatic rings. The maximum absolute atomic E-state index is 12.4. The molecule has 0 saturated carbocycles. The van der Waals surface area contributed by atoms with E-state index < -0.39 is 12.0 Å². The minimum atomic E-state index is -1.04. The lowest BCUT2D eigenvalue weighted by Crippen LogP contribution is -2.49. The van der Waals surface area contributed by atoms with Gasteiger partial charge in [0.1, 0.15) is 0 Å². The molecule has 116 valence electrons. The van der Waals surface area contributed by atoms with Gasteiger partial charge in [-0.15, -0.1) is 11.3 Å². The largest absolute Gasteiger partial charge is 0.479 e. The van der Waals surface area contributed by atoms with Gasteiger partial charge in [0, 0.05) is 24.0 Å². The first-order valence-electron chi connectivity index (χ1n) is 7.01. The van der Waals surface area contributed by atoms with Crippen LogP contribution < -0.4 is 5.32 Å². The van der Waals surface area contributed by atoms with Crippen molar-refractivity contribution in [3.05, 3.63) is 22.4 Å². The molecule has 2 rings (SSSR count). The van der Waals surface area contributed by atoms with Crippen LogP contribution in [0, 0.1) is 0 Å². The summed E-state index contributed by atoms with van der Waals surface area (Å²) in [6.07, 6.45) is 0.894. The molecule has 0 aliphatic carbocycles. The summed E-state index contributed by atoms with van der Waals surface area (Å²) in [7, 11) is 2.03. The summed E-state index contributed by atoms with van der Waals surface area (Å²) in [4.78, 5) is 28.3. The predicted molar refractivity (Wildman–Crippen MR) is 81.5 cm³/mol. The van der Waals surface area contributed by atoms with Gasteiger partial charge in [-0.05, 0) is 38.4 Å². The number of carboxylic acid groups (broad SMARTS) is 1. The van der Waals surface area contributed by atoms with Crippen LogP contribution in [0.25, 0.3) is 0 Å². The van der Waals surface area contributed by atoms with Gasteiger partial charge in [0.15, 0.2) is 6.04 Å². The fourth-order valence-corrected chi connectivity index (χ4v) is 3.36. The number of likely N-dealkylation sites (N-methyl/N-ethyl adjacent to an activating group) is 1. The van der Waals surface area contributed by atoms with Gasteiger partial charge in [-0.25, -0.2) is 9.59 Å². The lowest BCUT2D eigenvalue weighted by Gasteiger charge is -2.29. The van der Waals surface area contributed by atoms with Crippen molar-refractivity contribution in [3.8, 4) is 0 Å². The third-order valence-electron chi connectivity index (χ3n) is 3.65. The molecule has 6 nitrogen and oxygen atoms in total. The molecule has 1 fully saturated rings. The number of nitrogens with zero attached hydrogens (tertiary/aromatic N) is 2. The van der Waals surface area contributed by atoms with E-state index in [2.05, 4.69) is 10.2 Å². The molecule has 1 aliphatic heterocycles. The third kappa shape index (κ3) is 3.95. The van der Waals surface area contributed by atoms with Crippen LogP contribution in [-0.4, -0.2) is 59.6 Å². The van der Waals surface area contributed by atoms with Gasteiger partial charge < -0.3 is 20.2 Å².